The fourth-order valence-electron chi connectivity index (χ4n) is 3.05. The Kier molecular flexibility index (Phi) is 7.46. The van der Waals surface area contributed by atoms with Crippen LogP contribution in [0.25, 0.3) is 0 Å². The van der Waals surface area contributed by atoms with E-state index in [1.165, 1.54) is 0 Å². The first-order valence-electron chi connectivity index (χ1n) is 8.92. The molecule has 6 heteroatoms. The predicted molar refractivity (Wildman–Crippen MR) is 96.4 cm³/mol. The lowest BCUT2D eigenvalue weighted by Crippen LogP contribution is -2.44. The van der Waals surface area contributed by atoms with Crippen molar-refractivity contribution in [3.05, 3.63) is 23.9 Å². The van der Waals surface area contributed by atoms with Crippen molar-refractivity contribution in [3.63, 3.8) is 0 Å². The van der Waals surface area contributed by atoms with Crippen LogP contribution in [0, 0.1) is 5.92 Å². The summed E-state index contributed by atoms with van der Waals surface area (Å²) in [5.41, 5.74) is 0.651. The molecule has 1 fully saturated rings. The number of nitrogens with zero attached hydrogens (tertiary/aromatic N) is 3. The van der Waals surface area contributed by atoms with Gasteiger partial charge in [0.25, 0.3) is 5.91 Å². The zero-order valence-electron chi connectivity index (χ0n) is 14.9. The van der Waals surface area contributed by atoms with E-state index in [-0.39, 0.29) is 12.5 Å². The van der Waals surface area contributed by atoms with Crippen LogP contribution in [-0.4, -0.2) is 67.3 Å². The van der Waals surface area contributed by atoms with Crippen molar-refractivity contribution >= 4 is 11.7 Å². The van der Waals surface area contributed by atoms with Gasteiger partial charge in [0.05, 0.1) is 0 Å². The van der Waals surface area contributed by atoms with Gasteiger partial charge in [0.1, 0.15) is 5.82 Å². The molecular formula is C18H30N4O2. The van der Waals surface area contributed by atoms with Gasteiger partial charge >= 0.3 is 0 Å². The molecule has 1 atom stereocenters. The number of nitrogens with one attached hydrogen (secondary N) is 1. The van der Waals surface area contributed by atoms with Gasteiger partial charge in [-0.05, 0) is 37.9 Å². The van der Waals surface area contributed by atoms with Gasteiger partial charge < -0.3 is 20.2 Å². The highest BCUT2D eigenvalue weighted by atomic mass is 16.3. The maximum absolute atomic E-state index is 12.4. The lowest BCUT2D eigenvalue weighted by molar-refractivity contribution is 0.0943. The van der Waals surface area contributed by atoms with Gasteiger partial charge in [-0.1, -0.05) is 13.3 Å². The smallest absolute Gasteiger partial charge is 0.251 e. The van der Waals surface area contributed by atoms with Crippen molar-refractivity contribution in [1.82, 2.24) is 15.2 Å². The molecule has 1 amide bonds. The molecule has 0 aromatic carbocycles. The SMILES string of the molecule is CCCC(CCO)CNC(=O)c1ccnc(N2CCN(C)CC2)c1. The molecule has 6 nitrogen and oxygen atoms in total. The van der Waals surface area contributed by atoms with Crippen molar-refractivity contribution in [3.8, 4) is 0 Å². The summed E-state index contributed by atoms with van der Waals surface area (Å²) in [5, 5.41) is 12.1. The Morgan fingerprint density at radius 3 is 2.75 bits per heavy atom. The zero-order valence-corrected chi connectivity index (χ0v) is 14.9. The number of carbonyl (C=O) groups excluding carboxylic acids is 1. The quantitative estimate of drug-likeness (QED) is 0.751. The maximum Gasteiger partial charge on any atom is 0.251 e. The van der Waals surface area contributed by atoms with Gasteiger partial charge in [-0.3, -0.25) is 4.79 Å². The summed E-state index contributed by atoms with van der Waals surface area (Å²) in [4.78, 5) is 21.4. The normalized spacial score (nSPS) is 16.9. The van der Waals surface area contributed by atoms with Crippen LogP contribution in [0.2, 0.25) is 0 Å². The van der Waals surface area contributed by atoms with Crippen molar-refractivity contribution in [1.29, 1.82) is 0 Å². The maximum atomic E-state index is 12.4. The molecule has 2 heterocycles. The Labute approximate surface area is 144 Å². The summed E-state index contributed by atoms with van der Waals surface area (Å²) in [6.07, 6.45) is 4.52. The number of likely N-dealkylation sites (N-methyl/N-ethyl adjacent to an activating group) is 1. The molecule has 1 aliphatic heterocycles. The molecule has 1 aromatic heterocycles. The lowest BCUT2D eigenvalue weighted by Gasteiger charge is -2.33. The van der Waals surface area contributed by atoms with E-state index < -0.39 is 0 Å². The van der Waals surface area contributed by atoms with Gasteiger partial charge in [-0.25, -0.2) is 4.98 Å². The van der Waals surface area contributed by atoms with Crippen molar-refractivity contribution in [2.75, 3.05) is 51.3 Å². The molecule has 134 valence electrons. The first-order chi connectivity index (χ1) is 11.6. The molecule has 2 rings (SSSR count). The van der Waals surface area contributed by atoms with Crippen LogP contribution in [0.4, 0.5) is 5.82 Å². The summed E-state index contributed by atoms with van der Waals surface area (Å²) in [7, 11) is 2.12. The third kappa shape index (κ3) is 5.46. The molecule has 0 aliphatic carbocycles. The molecule has 1 aromatic rings. The summed E-state index contributed by atoms with van der Waals surface area (Å²) in [6.45, 7) is 6.79. The molecule has 0 saturated carbocycles. The van der Waals surface area contributed by atoms with E-state index in [1.807, 2.05) is 6.07 Å². The minimum Gasteiger partial charge on any atom is -0.396 e. The molecule has 0 bridgehead atoms. The highest BCUT2D eigenvalue weighted by molar-refractivity contribution is 5.94. The first kappa shape index (κ1) is 18.7. The van der Waals surface area contributed by atoms with Crippen LogP contribution in [0.15, 0.2) is 18.3 Å². The van der Waals surface area contributed by atoms with E-state index in [1.54, 1.807) is 12.3 Å². The zero-order chi connectivity index (χ0) is 17.4. The van der Waals surface area contributed by atoms with E-state index in [2.05, 4.69) is 34.1 Å². The largest absolute Gasteiger partial charge is 0.396 e. The Hall–Kier alpha value is -1.66. The molecule has 1 aliphatic rings. The molecule has 2 N–H and O–H groups in total. The highest BCUT2D eigenvalue weighted by Gasteiger charge is 2.17. The van der Waals surface area contributed by atoms with E-state index in [9.17, 15) is 4.79 Å². The van der Waals surface area contributed by atoms with Crippen LogP contribution in [0.5, 0.6) is 0 Å². The Morgan fingerprint density at radius 2 is 2.08 bits per heavy atom. The minimum atomic E-state index is -0.0631. The topological polar surface area (TPSA) is 68.7 Å². The van der Waals surface area contributed by atoms with E-state index >= 15 is 0 Å². The van der Waals surface area contributed by atoms with Crippen LogP contribution >= 0.6 is 0 Å². The van der Waals surface area contributed by atoms with Crippen molar-refractivity contribution < 1.29 is 9.90 Å². The molecule has 24 heavy (non-hydrogen) atoms. The summed E-state index contributed by atoms with van der Waals surface area (Å²) in [6, 6.07) is 3.64. The third-order valence-electron chi connectivity index (χ3n) is 4.62. The van der Waals surface area contributed by atoms with Crippen molar-refractivity contribution in [2.24, 2.45) is 5.92 Å². The summed E-state index contributed by atoms with van der Waals surface area (Å²) in [5.74, 6) is 1.14. The molecule has 1 saturated heterocycles. The number of piperazine rings is 1. The van der Waals surface area contributed by atoms with Gasteiger partial charge in [0, 0.05) is 51.1 Å². The monoisotopic (exact) mass is 334 g/mol. The number of hydrogen-bond acceptors (Lipinski definition) is 5. The number of pyridine rings is 1. The fraction of sp³-hybridized carbons (Fsp3) is 0.667. The number of aromatic nitrogens is 1. The van der Waals surface area contributed by atoms with Gasteiger partial charge in [-0.2, -0.15) is 0 Å². The van der Waals surface area contributed by atoms with Crippen LogP contribution in [0.1, 0.15) is 36.5 Å². The Bertz CT molecular complexity index is 509. The van der Waals surface area contributed by atoms with Gasteiger partial charge in [0.2, 0.25) is 0 Å². The average molecular weight is 334 g/mol. The first-order valence-corrected chi connectivity index (χ1v) is 8.92. The lowest BCUT2D eigenvalue weighted by atomic mass is 10.00. The number of anilines is 1. The standard InChI is InChI=1S/C18H30N4O2/c1-3-4-15(6-12-23)14-20-18(24)16-5-7-19-17(13-16)22-10-8-21(2)9-11-22/h5,7,13,15,23H,3-4,6,8-12,14H2,1-2H3,(H,20,24). The number of rotatable bonds is 8. The fourth-order valence-corrected chi connectivity index (χ4v) is 3.05. The second kappa shape index (κ2) is 9.59. The van der Waals surface area contributed by atoms with Crippen molar-refractivity contribution in [2.45, 2.75) is 26.2 Å². The van der Waals surface area contributed by atoms with E-state index in [0.717, 1.165) is 51.3 Å². The van der Waals surface area contributed by atoms with Gasteiger partial charge in [-0.15, -0.1) is 0 Å². The number of aliphatic hydroxyl groups is 1. The predicted octanol–water partition coefficient (Wildman–Crippen LogP) is 1.36. The summed E-state index contributed by atoms with van der Waals surface area (Å²) >= 11 is 0. The van der Waals surface area contributed by atoms with Gasteiger partial charge in [0.15, 0.2) is 0 Å². The Morgan fingerprint density at radius 1 is 1.33 bits per heavy atom. The van der Waals surface area contributed by atoms with Crippen LogP contribution in [-0.2, 0) is 0 Å². The van der Waals surface area contributed by atoms with Crippen LogP contribution < -0.4 is 10.2 Å². The number of hydrogen-bond donors (Lipinski definition) is 2. The highest BCUT2D eigenvalue weighted by Crippen LogP contribution is 2.15. The second-order valence-electron chi connectivity index (χ2n) is 6.57. The molecule has 1 unspecified atom stereocenters. The minimum absolute atomic E-state index is 0.0631. The average Bonchev–Trinajstić information content (AvgIpc) is 2.60. The number of amides is 1. The molecule has 0 spiro atoms. The number of carbonyl (C=O) groups is 1. The van der Waals surface area contributed by atoms with E-state index in [0.29, 0.717) is 18.0 Å². The van der Waals surface area contributed by atoms with E-state index in [4.69, 9.17) is 5.11 Å². The second-order valence-corrected chi connectivity index (χ2v) is 6.57. The van der Waals surface area contributed by atoms with Crippen LogP contribution in [0.3, 0.4) is 0 Å². The number of aliphatic hydroxyl groups excluding tert-OH is 1. The summed E-state index contributed by atoms with van der Waals surface area (Å²) < 4.78 is 0. The molecular weight excluding hydrogens is 304 g/mol. The Balaban J connectivity index is 1.93. The molecule has 0 radical (unpaired) electrons. The third-order valence-corrected chi connectivity index (χ3v) is 4.62.